The molecule has 0 saturated carbocycles. The summed E-state index contributed by atoms with van der Waals surface area (Å²) in [5.41, 5.74) is 3.93. The van der Waals surface area contributed by atoms with Crippen molar-refractivity contribution >= 4 is 20.6 Å². The van der Waals surface area contributed by atoms with E-state index in [1.54, 1.807) is 0 Å². The van der Waals surface area contributed by atoms with Crippen molar-refractivity contribution in [1.82, 2.24) is 9.97 Å². The molecule has 5 heteroatoms. The third-order valence-corrected chi connectivity index (χ3v) is 4.93. The topological polar surface area (TPSA) is 44.2 Å². The molecule has 1 heterocycles. The summed E-state index contributed by atoms with van der Waals surface area (Å²) >= 11 is 3.04. The average Bonchev–Trinajstić information content (AvgIpc) is 2.78. The summed E-state index contributed by atoms with van der Waals surface area (Å²) in [6, 6.07) is 30.2. The van der Waals surface area contributed by atoms with Crippen LogP contribution >= 0.6 is 0 Å². The molecule has 0 aliphatic rings. The summed E-state index contributed by atoms with van der Waals surface area (Å²) in [5, 5.41) is 0. The monoisotopic (exact) mass is 447 g/mol. The number of aromatic nitrogens is 2. The maximum atomic E-state index is 6.10. The molecule has 0 saturated heterocycles. The number of rotatable bonds is 7. The molecule has 4 nitrogen and oxygen atoms in total. The van der Waals surface area contributed by atoms with Gasteiger partial charge in [0, 0.05) is 0 Å². The standard InChI is InChI=1S/C24H19N2O2Se/c29-23-21(20-14-8-3-9-15-20)22(27-16-18-10-4-1-5-11-18)25-24(26-23)28-17-19-12-6-2-7-13-19/h1-15H,16-17H2. The van der Waals surface area contributed by atoms with Gasteiger partial charge < -0.3 is 0 Å². The van der Waals surface area contributed by atoms with Gasteiger partial charge in [-0.2, -0.15) is 0 Å². The predicted octanol–water partition coefficient (Wildman–Crippen LogP) is 4.10. The summed E-state index contributed by atoms with van der Waals surface area (Å²) < 4.78 is 12.6. The molecule has 1 radical (unpaired) electrons. The van der Waals surface area contributed by atoms with Crippen LogP contribution in [0.15, 0.2) is 91.0 Å². The Morgan fingerprint density at radius 3 is 1.72 bits per heavy atom. The van der Waals surface area contributed by atoms with Gasteiger partial charge in [0.25, 0.3) is 0 Å². The molecule has 0 atom stereocenters. The minimum absolute atomic E-state index is 0.283. The summed E-state index contributed by atoms with van der Waals surface area (Å²) in [6.07, 6.45) is 0. The van der Waals surface area contributed by atoms with Crippen LogP contribution in [0.1, 0.15) is 11.1 Å². The van der Waals surface area contributed by atoms with E-state index in [0.29, 0.717) is 23.7 Å². The zero-order chi connectivity index (χ0) is 19.9. The molecule has 29 heavy (non-hydrogen) atoms. The van der Waals surface area contributed by atoms with Gasteiger partial charge in [-0.3, -0.25) is 0 Å². The molecular weight excluding hydrogens is 427 g/mol. The number of nitrogens with zero attached hydrogens (tertiary/aromatic N) is 2. The summed E-state index contributed by atoms with van der Waals surface area (Å²) in [4.78, 5) is 9.08. The van der Waals surface area contributed by atoms with Crippen molar-refractivity contribution in [2.45, 2.75) is 13.2 Å². The van der Waals surface area contributed by atoms with Gasteiger partial charge in [-0.25, -0.2) is 0 Å². The normalized spacial score (nSPS) is 10.5. The van der Waals surface area contributed by atoms with Gasteiger partial charge in [-0.1, -0.05) is 0 Å². The fourth-order valence-corrected chi connectivity index (χ4v) is 3.47. The first kappa shape index (κ1) is 19.2. The molecule has 0 unspecified atom stereocenters. The first-order valence-corrected chi connectivity index (χ1v) is 10.1. The van der Waals surface area contributed by atoms with Gasteiger partial charge in [-0.15, -0.1) is 0 Å². The third kappa shape index (κ3) is 5.02. The zero-order valence-corrected chi connectivity index (χ0v) is 17.4. The van der Waals surface area contributed by atoms with Crippen LogP contribution in [0.25, 0.3) is 11.1 Å². The second-order valence-electron chi connectivity index (χ2n) is 6.41. The Kier molecular flexibility index (Phi) is 6.20. The number of hydrogen-bond acceptors (Lipinski definition) is 4. The van der Waals surface area contributed by atoms with E-state index in [0.717, 1.165) is 22.3 Å². The molecule has 3 aromatic carbocycles. The van der Waals surface area contributed by atoms with Crippen molar-refractivity contribution in [2.75, 3.05) is 0 Å². The van der Waals surface area contributed by atoms with Crippen molar-refractivity contribution < 1.29 is 9.47 Å². The Bertz CT molecular complexity index is 1060. The Morgan fingerprint density at radius 2 is 1.14 bits per heavy atom. The van der Waals surface area contributed by atoms with E-state index in [1.165, 1.54) is 0 Å². The van der Waals surface area contributed by atoms with Crippen LogP contribution < -0.4 is 14.1 Å². The van der Waals surface area contributed by atoms with E-state index in [4.69, 9.17) is 9.47 Å². The van der Waals surface area contributed by atoms with Crippen LogP contribution in [-0.4, -0.2) is 26.0 Å². The molecule has 0 aliphatic carbocycles. The fraction of sp³-hybridized carbons (Fsp3) is 0.0833. The molecule has 4 aromatic rings. The van der Waals surface area contributed by atoms with Crippen LogP contribution in [-0.2, 0) is 13.2 Å². The van der Waals surface area contributed by atoms with Crippen LogP contribution in [0.2, 0.25) is 0 Å². The molecule has 0 amide bonds. The van der Waals surface area contributed by atoms with Crippen LogP contribution in [0, 0.1) is 0 Å². The number of benzene rings is 3. The van der Waals surface area contributed by atoms with E-state index in [1.807, 2.05) is 91.0 Å². The second-order valence-corrected chi connectivity index (χ2v) is 7.22. The van der Waals surface area contributed by atoms with Gasteiger partial charge in [0.15, 0.2) is 0 Å². The van der Waals surface area contributed by atoms with Crippen molar-refractivity contribution in [3.05, 3.63) is 102 Å². The van der Waals surface area contributed by atoms with Crippen LogP contribution in [0.5, 0.6) is 11.9 Å². The predicted molar refractivity (Wildman–Crippen MR) is 114 cm³/mol. The zero-order valence-electron chi connectivity index (χ0n) is 15.7. The Morgan fingerprint density at radius 1 is 0.621 bits per heavy atom. The SMILES string of the molecule is [Se]c1nc(OCc2ccccc2)nc(OCc2ccccc2)c1-c1ccccc1. The Hall–Kier alpha value is -3.14. The van der Waals surface area contributed by atoms with Crippen molar-refractivity contribution in [1.29, 1.82) is 0 Å². The van der Waals surface area contributed by atoms with E-state index < -0.39 is 0 Å². The van der Waals surface area contributed by atoms with Crippen LogP contribution in [0.4, 0.5) is 0 Å². The second kappa shape index (κ2) is 9.37. The van der Waals surface area contributed by atoms with Gasteiger partial charge in [-0.05, 0) is 0 Å². The van der Waals surface area contributed by atoms with Crippen molar-refractivity contribution in [3.63, 3.8) is 0 Å². The molecule has 0 bridgehead atoms. The first-order chi connectivity index (χ1) is 14.3. The minimum atomic E-state index is 0.283. The summed E-state index contributed by atoms with van der Waals surface area (Å²) in [6.45, 7) is 0.804. The molecule has 0 spiro atoms. The first-order valence-electron chi connectivity index (χ1n) is 9.27. The average molecular weight is 446 g/mol. The molecular formula is C24H19N2O2Se. The molecule has 0 aliphatic heterocycles. The van der Waals surface area contributed by atoms with E-state index >= 15 is 0 Å². The Labute approximate surface area is 178 Å². The van der Waals surface area contributed by atoms with Gasteiger partial charge >= 0.3 is 178 Å². The molecule has 143 valence electrons. The molecule has 0 N–H and O–H groups in total. The van der Waals surface area contributed by atoms with E-state index in [9.17, 15) is 0 Å². The Balaban J connectivity index is 1.63. The van der Waals surface area contributed by atoms with E-state index in [-0.39, 0.29) is 6.01 Å². The number of hydrogen-bond donors (Lipinski definition) is 0. The van der Waals surface area contributed by atoms with Gasteiger partial charge in [0.05, 0.1) is 0 Å². The quantitative estimate of drug-likeness (QED) is 0.401. The summed E-state index contributed by atoms with van der Waals surface area (Å²) in [5.74, 6) is 0.492. The molecule has 1 aromatic heterocycles. The molecule has 4 rings (SSSR count). The van der Waals surface area contributed by atoms with Crippen molar-refractivity contribution in [2.24, 2.45) is 0 Å². The van der Waals surface area contributed by atoms with Gasteiger partial charge in [0.1, 0.15) is 0 Å². The van der Waals surface area contributed by atoms with Crippen molar-refractivity contribution in [3.8, 4) is 23.0 Å². The van der Waals surface area contributed by atoms with Gasteiger partial charge in [0.2, 0.25) is 0 Å². The fourth-order valence-electron chi connectivity index (χ4n) is 2.87. The number of ether oxygens (including phenoxy) is 2. The maximum absolute atomic E-state index is 6.10. The van der Waals surface area contributed by atoms with E-state index in [2.05, 4.69) is 26.0 Å². The summed E-state index contributed by atoms with van der Waals surface area (Å²) in [7, 11) is 0. The molecule has 0 fully saturated rings. The van der Waals surface area contributed by atoms with Crippen LogP contribution in [0.3, 0.4) is 0 Å². The third-order valence-electron chi connectivity index (χ3n) is 4.31.